The topological polar surface area (TPSA) is 104 Å². The van der Waals surface area contributed by atoms with Crippen LogP contribution in [0.15, 0.2) is 58.6 Å². The van der Waals surface area contributed by atoms with E-state index in [1.54, 1.807) is 30.5 Å². The molecule has 0 radical (unpaired) electrons. The fourth-order valence-corrected chi connectivity index (χ4v) is 4.72. The quantitative estimate of drug-likeness (QED) is 0.141. The zero-order valence-electron chi connectivity index (χ0n) is 18.0. The molecule has 2 heterocycles. The average molecular weight is 470 g/mol. The normalized spacial score (nSPS) is 13.0. The highest BCUT2D eigenvalue weighted by Crippen LogP contribution is 2.29. The van der Waals surface area contributed by atoms with E-state index >= 15 is 0 Å². The number of fused-ring (bicyclic) bond motifs is 8. The number of benzene rings is 3. The Hall–Kier alpha value is -5.48. The molecule has 7 aromatic rings. The second kappa shape index (κ2) is 7.01. The van der Waals surface area contributed by atoms with E-state index in [9.17, 15) is 14.0 Å². The van der Waals surface area contributed by atoms with Gasteiger partial charge in [0, 0.05) is 21.5 Å². The second-order valence-electron chi connectivity index (χ2n) is 8.16. The maximum Gasteiger partial charge on any atom is 0.206 e. The smallest absolute Gasteiger partial charge is 0.206 e. The van der Waals surface area contributed by atoms with Gasteiger partial charge in [0.25, 0.3) is 0 Å². The lowest BCUT2D eigenvalue weighted by molar-refractivity contribution is 0.629. The second-order valence-corrected chi connectivity index (χ2v) is 8.16. The molecule has 0 atom stereocenters. The minimum Gasteiger partial charge on any atom is -0.244 e. The van der Waals surface area contributed by atoms with Crippen molar-refractivity contribution >= 4 is 65.7 Å². The van der Waals surface area contributed by atoms with Gasteiger partial charge in [0.05, 0.1) is 38.2 Å². The standard InChI is InChI=1S/C26H8F2N8/c1-30-36-24-16-7-12(28)3-5-14(16)23-26(24)35-20-9-17-19(8-18(20)33-23)34-25-21(31-10-29)15-6-11(27)2-4-13(15)22(25)32-17/h2-9H/b31-21+,36-24+. The van der Waals surface area contributed by atoms with Crippen molar-refractivity contribution in [1.29, 1.82) is 5.26 Å². The van der Waals surface area contributed by atoms with Crippen molar-refractivity contribution in [3.8, 4) is 6.19 Å². The monoisotopic (exact) mass is 470 g/mol. The van der Waals surface area contributed by atoms with Crippen LogP contribution in [0.25, 0.3) is 70.6 Å². The van der Waals surface area contributed by atoms with E-state index in [2.05, 4.69) is 15.0 Å². The molecule has 0 unspecified atom stereocenters. The maximum absolute atomic E-state index is 14.0. The van der Waals surface area contributed by atoms with Gasteiger partial charge in [0.15, 0.2) is 5.36 Å². The Balaban J connectivity index is 1.63. The Morgan fingerprint density at radius 2 is 1.14 bits per heavy atom. The van der Waals surface area contributed by atoms with Crippen molar-refractivity contribution in [2.24, 2.45) is 10.1 Å². The van der Waals surface area contributed by atoms with Crippen molar-refractivity contribution < 1.29 is 8.78 Å². The van der Waals surface area contributed by atoms with Gasteiger partial charge in [0.1, 0.15) is 28.0 Å². The van der Waals surface area contributed by atoms with Gasteiger partial charge in [-0.1, -0.05) is 0 Å². The number of hydrogen-bond acceptors (Lipinski definition) is 7. The van der Waals surface area contributed by atoms with Gasteiger partial charge < -0.3 is 0 Å². The van der Waals surface area contributed by atoms with Crippen LogP contribution in [0.2, 0.25) is 0 Å². The van der Waals surface area contributed by atoms with Crippen LogP contribution < -0.4 is 10.7 Å². The van der Waals surface area contributed by atoms with E-state index in [0.29, 0.717) is 65.7 Å². The lowest BCUT2D eigenvalue weighted by Gasteiger charge is -2.02. The molecule has 0 spiro atoms. The number of aromatic nitrogens is 4. The van der Waals surface area contributed by atoms with Crippen molar-refractivity contribution in [1.82, 2.24) is 19.9 Å². The molecule has 0 saturated carbocycles. The highest BCUT2D eigenvalue weighted by Gasteiger charge is 2.18. The van der Waals surface area contributed by atoms with E-state index in [1.807, 2.05) is 0 Å². The summed E-state index contributed by atoms with van der Waals surface area (Å²) in [6.07, 6.45) is 1.76. The third-order valence-electron chi connectivity index (χ3n) is 6.19. The molecule has 10 heteroatoms. The van der Waals surface area contributed by atoms with Crippen LogP contribution >= 0.6 is 0 Å². The maximum atomic E-state index is 14.0. The molecule has 36 heavy (non-hydrogen) atoms. The lowest BCUT2D eigenvalue weighted by atomic mass is 10.2. The summed E-state index contributed by atoms with van der Waals surface area (Å²) < 4.78 is 27.9. The van der Waals surface area contributed by atoms with E-state index in [4.69, 9.17) is 26.5 Å². The van der Waals surface area contributed by atoms with Crippen LogP contribution in [0.1, 0.15) is 0 Å². The van der Waals surface area contributed by atoms with Crippen LogP contribution in [0.5, 0.6) is 0 Å². The van der Waals surface area contributed by atoms with Gasteiger partial charge in [-0.2, -0.15) is 16.8 Å². The van der Waals surface area contributed by atoms with Crippen molar-refractivity contribution in [2.45, 2.75) is 0 Å². The molecule has 0 saturated heterocycles. The van der Waals surface area contributed by atoms with E-state index < -0.39 is 11.6 Å². The molecular weight excluding hydrogens is 462 g/mol. The zero-order valence-corrected chi connectivity index (χ0v) is 18.0. The number of nitrogens with zero attached hydrogens (tertiary/aromatic N) is 8. The summed E-state index contributed by atoms with van der Waals surface area (Å²) >= 11 is 0. The number of rotatable bonds is 0. The first kappa shape index (κ1) is 19.9. The lowest BCUT2D eigenvalue weighted by Crippen LogP contribution is -2.02. The molecule has 0 aliphatic carbocycles. The summed E-state index contributed by atoms with van der Waals surface area (Å²) in [5, 5.41) is 15.7. The molecule has 0 aliphatic heterocycles. The molecule has 166 valence electrons. The van der Waals surface area contributed by atoms with Crippen LogP contribution in [-0.4, -0.2) is 19.9 Å². The first-order valence-corrected chi connectivity index (χ1v) is 10.6. The molecule has 5 aromatic carbocycles. The molecule has 0 fully saturated rings. The Kier molecular flexibility index (Phi) is 3.88. The summed E-state index contributed by atoms with van der Waals surface area (Å²) in [4.78, 5) is 25.9. The third kappa shape index (κ3) is 2.64. The van der Waals surface area contributed by atoms with Gasteiger partial charge in [-0.3, -0.25) is 0 Å². The molecule has 0 aliphatic rings. The molecule has 0 N–H and O–H groups in total. The number of halogens is 2. The van der Waals surface area contributed by atoms with Gasteiger partial charge in [-0.05, 0) is 48.5 Å². The fourth-order valence-electron chi connectivity index (χ4n) is 4.72. The Morgan fingerprint density at radius 1 is 0.667 bits per heavy atom. The SMILES string of the molecule is [C-]#[N+]/N=c1\c2cc(F)ccc2c2nc3cc4nc5/c(=N/C#N)c6cc(F)ccc6c5nc4cc3nc12. The number of nitriles is 1. The van der Waals surface area contributed by atoms with E-state index in [-0.39, 0.29) is 10.7 Å². The van der Waals surface area contributed by atoms with Crippen LogP contribution in [0, 0.1) is 29.7 Å². The summed E-state index contributed by atoms with van der Waals surface area (Å²) in [6, 6.07) is 11.9. The van der Waals surface area contributed by atoms with E-state index in [0.717, 1.165) is 0 Å². The summed E-state index contributed by atoms with van der Waals surface area (Å²) in [7, 11) is 0. The molecular formula is C26H8F2N8. The van der Waals surface area contributed by atoms with Crippen LogP contribution in [0.3, 0.4) is 0 Å². The Bertz CT molecular complexity index is 2150. The van der Waals surface area contributed by atoms with Crippen LogP contribution in [0.4, 0.5) is 8.78 Å². The molecule has 0 amide bonds. The van der Waals surface area contributed by atoms with Gasteiger partial charge in [-0.25, -0.2) is 28.7 Å². The first-order valence-electron chi connectivity index (χ1n) is 10.6. The first-order chi connectivity index (χ1) is 17.6. The fraction of sp³-hybridized carbons (Fsp3) is 0. The third-order valence-corrected chi connectivity index (χ3v) is 6.19. The summed E-state index contributed by atoms with van der Waals surface area (Å²) in [5.41, 5.74) is 3.74. The summed E-state index contributed by atoms with van der Waals surface area (Å²) in [5.74, 6) is -0.908. The largest absolute Gasteiger partial charge is 0.244 e. The Labute approximate surface area is 198 Å². The highest BCUT2D eigenvalue weighted by atomic mass is 19.1. The minimum atomic E-state index is -0.456. The summed E-state index contributed by atoms with van der Waals surface area (Å²) in [6.45, 7) is 7.19. The van der Waals surface area contributed by atoms with Crippen LogP contribution in [-0.2, 0) is 0 Å². The predicted octanol–water partition coefficient (Wildman–Crippen LogP) is 4.46. The molecule has 7 rings (SSSR count). The zero-order chi connectivity index (χ0) is 24.6. The Morgan fingerprint density at radius 3 is 1.64 bits per heavy atom. The van der Waals surface area contributed by atoms with Crippen molar-refractivity contribution in [3.63, 3.8) is 0 Å². The molecule has 0 bridgehead atoms. The molecule has 2 aromatic heterocycles. The average Bonchev–Trinajstić information content (AvgIpc) is 3.31. The van der Waals surface area contributed by atoms with E-state index in [1.165, 1.54) is 24.3 Å². The van der Waals surface area contributed by atoms with Gasteiger partial charge >= 0.3 is 0 Å². The molecule has 8 nitrogen and oxygen atoms in total. The predicted molar refractivity (Wildman–Crippen MR) is 128 cm³/mol. The van der Waals surface area contributed by atoms with Crippen molar-refractivity contribution in [3.05, 3.63) is 82.4 Å². The minimum absolute atomic E-state index is 0.257. The number of hydrogen-bond donors (Lipinski definition) is 0. The van der Waals surface area contributed by atoms with Crippen molar-refractivity contribution in [2.75, 3.05) is 0 Å². The highest BCUT2D eigenvalue weighted by molar-refractivity contribution is 6.12. The van der Waals surface area contributed by atoms with Gasteiger partial charge in [-0.15, -0.1) is 4.95 Å². The van der Waals surface area contributed by atoms with Gasteiger partial charge in [0.2, 0.25) is 6.19 Å².